The molecule has 3 N–H and O–H groups in total. The third kappa shape index (κ3) is 8.21. The topological polar surface area (TPSA) is 227 Å². The Bertz CT molecular complexity index is 3680. The van der Waals surface area contributed by atoms with Crippen molar-refractivity contribution < 1.29 is 76.8 Å². The molecule has 20 heteroatoms. The highest BCUT2D eigenvalue weighted by Crippen LogP contribution is 2.68. The van der Waals surface area contributed by atoms with Crippen LogP contribution in [0.5, 0.6) is 34.5 Å². The molecule has 1 spiro atoms. The van der Waals surface area contributed by atoms with Crippen LogP contribution in [0.15, 0.2) is 84.5 Å². The van der Waals surface area contributed by atoms with Crippen LogP contribution >= 0.6 is 0 Å². The first-order valence-electron chi connectivity index (χ1n) is 30.0. The molecule has 0 amide bonds. The number of para-hydroxylation sites is 1. The third-order valence-corrected chi connectivity index (χ3v) is 21.0. The van der Waals surface area contributed by atoms with E-state index in [-0.39, 0.29) is 49.1 Å². The number of esters is 4. The van der Waals surface area contributed by atoms with Gasteiger partial charge < -0.3 is 67.5 Å². The Labute approximate surface area is 505 Å². The van der Waals surface area contributed by atoms with Gasteiger partial charge in [0.15, 0.2) is 29.1 Å². The summed E-state index contributed by atoms with van der Waals surface area (Å²) in [5, 5.41) is 25.4. The van der Waals surface area contributed by atoms with Crippen molar-refractivity contribution in [2.45, 2.75) is 99.6 Å². The standard InChI is InChI=1S/C45H54N4O8.C22H22O8/c1-8-27-19-28-22-44(40(51)55-6,36-30(25-48(23-27)24-28)29-13-10-11-14-33(29)46-36)32-20-31-34(21-35(32)54-5)47(4)38-43(31)16-18-49-17-12-15-42(9-2,37(43)49)39(57-26(3)50)45(38,53)41(52)56-7;1-25-16-4-10(5-17(26-2)21(16)27-3)18-11-6-14-15(30-9-29-14)7-12(11)20(23)13-8-28-22(24)19(13)18/h10-15,19-21,28,37-39,46,53H,8-9,16-18,22-25H2,1-7H3;4-7,13,18-20,23H,8-9H2,1-3H3/t28?,37-,38+,39+,42+,43+,44-,45-;13?,18-,19-,20+/m01/s1. The van der Waals surface area contributed by atoms with E-state index in [4.69, 9.17) is 47.4 Å². The first-order valence-corrected chi connectivity index (χ1v) is 30.0. The van der Waals surface area contributed by atoms with E-state index in [1.807, 2.05) is 55.3 Å². The zero-order valence-electron chi connectivity index (χ0n) is 50.9. The zero-order valence-corrected chi connectivity index (χ0v) is 50.9. The summed E-state index contributed by atoms with van der Waals surface area (Å²) < 4.78 is 56.8. The van der Waals surface area contributed by atoms with Crippen LogP contribution in [0.3, 0.4) is 0 Å². The van der Waals surface area contributed by atoms with E-state index in [1.165, 1.54) is 33.8 Å². The molecule has 3 unspecified atom stereocenters. The number of nitrogens with zero attached hydrogens (tertiary/aromatic N) is 3. The Hall–Kier alpha value is -7.78. The van der Waals surface area contributed by atoms with Gasteiger partial charge in [-0.15, -0.1) is 0 Å². The number of anilines is 1. The normalized spacial score (nSPS) is 31.8. The van der Waals surface area contributed by atoms with Crippen LogP contribution in [-0.4, -0.2) is 162 Å². The number of likely N-dealkylation sites (N-methyl/N-ethyl adjacent to an activating group) is 1. The lowest BCUT2D eigenvalue weighted by molar-refractivity contribution is -0.228. The van der Waals surface area contributed by atoms with Gasteiger partial charge in [0.2, 0.25) is 18.1 Å². The fourth-order valence-electron chi connectivity index (χ4n) is 17.7. The highest BCUT2D eigenvalue weighted by molar-refractivity contribution is 5.95. The quantitative estimate of drug-likeness (QED) is 0.0677. The number of fused-ring (bicyclic) bond motifs is 9. The monoisotopic (exact) mass is 1190 g/mol. The van der Waals surface area contributed by atoms with Gasteiger partial charge in [-0.25, -0.2) is 4.79 Å². The number of ether oxygens (including phenoxy) is 10. The molecule has 0 radical (unpaired) electrons. The molecule has 5 aromatic rings. The first kappa shape index (κ1) is 58.2. The molecule has 2 aliphatic carbocycles. The van der Waals surface area contributed by atoms with Gasteiger partial charge in [-0.3, -0.25) is 24.2 Å². The van der Waals surface area contributed by atoms with Crippen LogP contribution in [0, 0.1) is 23.2 Å². The maximum absolute atomic E-state index is 15.2. The van der Waals surface area contributed by atoms with Crippen molar-refractivity contribution in [2.75, 3.05) is 94.2 Å². The van der Waals surface area contributed by atoms with E-state index in [1.54, 1.807) is 27.4 Å². The number of carbonyl (C=O) groups excluding carboxylic acids is 4. The number of H-pyrrole nitrogens is 1. The van der Waals surface area contributed by atoms with E-state index in [2.05, 4.69) is 58.1 Å². The summed E-state index contributed by atoms with van der Waals surface area (Å²) >= 11 is 0. The summed E-state index contributed by atoms with van der Waals surface area (Å²) in [6.07, 6.45) is 6.83. The summed E-state index contributed by atoms with van der Waals surface area (Å²) in [5.41, 5.74) is 3.34. The second-order valence-corrected chi connectivity index (χ2v) is 24.7. The lowest BCUT2D eigenvalue weighted by Crippen LogP contribution is -2.81. The zero-order chi connectivity index (χ0) is 61.2. The molecule has 1 aromatic heterocycles. The van der Waals surface area contributed by atoms with Crippen LogP contribution in [-0.2, 0) is 55.5 Å². The molecule has 7 aliphatic heterocycles. The van der Waals surface area contributed by atoms with E-state index < -0.39 is 58.0 Å². The number of aromatic amines is 1. The minimum atomic E-state index is -2.27. The first-order chi connectivity index (χ1) is 42.0. The maximum atomic E-state index is 15.2. The smallest absolute Gasteiger partial charge is 0.344 e. The second-order valence-electron chi connectivity index (χ2n) is 24.7. The average molecular weight is 1190 g/mol. The molecule has 4 aromatic carbocycles. The van der Waals surface area contributed by atoms with Crippen molar-refractivity contribution in [3.05, 3.63) is 124 Å². The van der Waals surface area contributed by atoms with E-state index >= 15 is 4.79 Å². The average Bonchev–Trinajstić information content (AvgIpc) is 1.52. The van der Waals surface area contributed by atoms with Crippen molar-refractivity contribution in [3.63, 3.8) is 0 Å². The fourth-order valence-corrected chi connectivity index (χ4v) is 17.7. The predicted octanol–water partition coefficient (Wildman–Crippen LogP) is 7.16. The SMILES string of the molecule is CCC1=CC2CN(C1)Cc1c([nH]c3ccccc13)[C@@](C(=O)OC)(c1cc3c(cc1OC)N(C)[C@H]1[C@@](O)(C(=O)OC)[C@H](OC(C)=O)[C@]4(CC)C=CCN5CC[C@]31[C@@H]54)C2.COc1cc([C@@H]2c3cc4c(cc3[C@H](O)C3COC(=O)[C@H]32)OCO4)cc(OC)c1OC. The van der Waals surface area contributed by atoms with Crippen LogP contribution in [0.2, 0.25) is 0 Å². The number of rotatable bonds is 11. The molecule has 13 atom stereocenters. The number of aliphatic hydroxyl groups excluding tert-OH is 1. The number of carbonyl (C=O) groups is 4. The number of methoxy groups -OCH3 is 6. The summed E-state index contributed by atoms with van der Waals surface area (Å²) in [6.45, 7) is 9.48. The molecule has 3 fully saturated rings. The van der Waals surface area contributed by atoms with Crippen LogP contribution in [0.4, 0.5) is 5.69 Å². The summed E-state index contributed by atoms with van der Waals surface area (Å²) in [7, 11) is 10.9. The molecule has 87 heavy (non-hydrogen) atoms. The Morgan fingerprint density at radius 2 is 1.54 bits per heavy atom. The summed E-state index contributed by atoms with van der Waals surface area (Å²) in [5.74, 6) is -0.321. The van der Waals surface area contributed by atoms with Crippen LogP contribution in [0.25, 0.3) is 10.9 Å². The van der Waals surface area contributed by atoms with E-state index in [0.29, 0.717) is 84.5 Å². The Balaban J connectivity index is 0.000000195. The van der Waals surface area contributed by atoms with E-state index in [0.717, 1.165) is 64.0 Å². The largest absolute Gasteiger partial charge is 0.496 e. The summed E-state index contributed by atoms with van der Waals surface area (Å²) in [4.78, 5) is 65.9. The third-order valence-electron chi connectivity index (χ3n) is 21.0. The van der Waals surface area contributed by atoms with Gasteiger partial charge in [0.05, 0.1) is 67.3 Å². The van der Waals surface area contributed by atoms with Gasteiger partial charge in [-0.1, -0.05) is 55.8 Å². The van der Waals surface area contributed by atoms with Crippen molar-refractivity contribution >= 4 is 40.5 Å². The molecule has 9 aliphatic rings. The van der Waals surface area contributed by atoms with Gasteiger partial charge in [0.1, 0.15) is 11.2 Å². The Morgan fingerprint density at radius 3 is 2.21 bits per heavy atom. The minimum Gasteiger partial charge on any atom is -0.496 e. The van der Waals surface area contributed by atoms with E-state index in [9.17, 15) is 24.6 Å². The molecular formula is C67H76N4O16. The van der Waals surface area contributed by atoms with Gasteiger partial charge in [-0.05, 0) is 102 Å². The number of hydrogen-bond donors (Lipinski definition) is 3. The van der Waals surface area contributed by atoms with Crippen molar-refractivity contribution in [1.82, 2.24) is 14.8 Å². The molecule has 14 rings (SSSR count). The lowest BCUT2D eigenvalue weighted by Gasteiger charge is -2.63. The molecule has 460 valence electrons. The van der Waals surface area contributed by atoms with Gasteiger partial charge >= 0.3 is 23.9 Å². The number of nitrogens with one attached hydrogen (secondary N) is 1. The van der Waals surface area contributed by atoms with Crippen molar-refractivity contribution in [2.24, 2.45) is 23.2 Å². The van der Waals surface area contributed by atoms with Crippen LogP contribution < -0.4 is 33.3 Å². The minimum absolute atomic E-state index is 0.0284. The molecule has 2 saturated heterocycles. The van der Waals surface area contributed by atoms with Crippen molar-refractivity contribution in [1.29, 1.82) is 0 Å². The molecule has 8 heterocycles. The molecular weight excluding hydrogens is 1120 g/mol. The molecule has 1 saturated carbocycles. The molecule has 2 bridgehead atoms. The van der Waals surface area contributed by atoms with Gasteiger partial charge in [-0.2, -0.15) is 0 Å². The number of aromatic nitrogens is 1. The highest BCUT2D eigenvalue weighted by atomic mass is 16.7. The maximum Gasteiger partial charge on any atom is 0.344 e. The van der Waals surface area contributed by atoms with Crippen LogP contribution in [0.1, 0.15) is 97.6 Å². The van der Waals surface area contributed by atoms with Gasteiger partial charge in [0, 0.05) is 103 Å². The number of benzene rings is 4. The predicted molar refractivity (Wildman–Crippen MR) is 317 cm³/mol. The number of hydrogen-bond acceptors (Lipinski definition) is 19. The van der Waals surface area contributed by atoms with Crippen molar-refractivity contribution in [3.8, 4) is 34.5 Å². The molecule has 20 nitrogen and oxygen atoms in total. The number of aliphatic hydroxyl groups is 2. The highest BCUT2D eigenvalue weighted by Gasteiger charge is 2.80. The Morgan fingerprint density at radius 1 is 0.828 bits per heavy atom. The summed E-state index contributed by atoms with van der Waals surface area (Å²) in [6, 6.07) is 18.5. The van der Waals surface area contributed by atoms with Gasteiger partial charge in [0.25, 0.3) is 0 Å². The Kier molecular flexibility index (Phi) is 14.4. The number of cyclic esters (lactones) is 1. The fraction of sp³-hybridized carbons (Fsp3) is 0.493. The second kappa shape index (κ2) is 21.5. The lowest BCUT2D eigenvalue weighted by atomic mass is 9.47.